The zero-order chi connectivity index (χ0) is 16.2. The largest absolute Gasteiger partial charge is 0.486 e. The zero-order valence-electron chi connectivity index (χ0n) is 11.9. The number of benzene rings is 2. The minimum atomic E-state index is -0.332. The van der Waals surface area contributed by atoms with Gasteiger partial charge in [-0.2, -0.15) is 5.10 Å². The highest BCUT2D eigenvalue weighted by Gasteiger charge is 2.16. The third-order valence-corrected chi connectivity index (χ3v) is 3.64. The van der Waals surface area contributed by atoms with Crippen LogP contribution in [0.1, 0.15) is 15.9 Å². The van der Waals surface area contributed by atoms with Gasteiger partial charge in [0, 0.05) is 10.6 Å². The number of carbonyl (C=O) groups is 1. The number of nitrogens with one attached hydrogen (secondary N) is 1. The van der Waals surface area contributed by atoms with Crippen LogP contribution in [0.4, 0.5) is 0 Å². The molecule has 0 saturated carbocycles. The van der Waals surface area contributed by atoms with Gasteiger partial charge in [0.25, 0.3) is 5.91 Å². The molecule has 0 bridgehead atoms. The summed E-state index contributed by atoms with van der Waals surface area (Å²) in [5.41, 5.74) is 3.59. The number of hydrogen-bond donors (Lipinski definition) is 1. The van der Waals surface area contributed by atoms with E-state index in [0.29, 0.717) is 45.9 Å². The van der Waals surface area contributed by atoms with Gasteiger partial charge in [-0.25, -0.2) is 5.43 Å². The molecule has 118 valence electrons. The van der Waals surface area contributed by atoms with Crippen molar-refractivity contribution in [1.82, 2.24) is 5.43 Å². The van der Waals surface area contributed by atoms with Crippen LogP contribution in [0.2, 0.25) is 10.0 Å². The van der Waals surface area contributed by atoms with Crippen LogP contribution in [-0.4, -0.2) is 25.3 Å². The lowest BCUT2D eigenvalue weighted by Gasteiger charge is -2.19. The minimum Gasteiger partial charge on any atom is -0.486 e. The summed E-state index contributed by atoms with van der Waals surface area (Å²) in [7, 11) is 0. The topological polar surface area (TPSA) is 59.9 Å². The molecule has 0 saturated heterocycles. The fraction of sp³-hybridized carbons (Fsp3) is 0.125. The molecule has 1 N–H and O–H groups in total. The van der Waals surface area contributed by atoms with Gasteiger partial charge in [-0.1, -0.05) is 23.2 Å². The number of halogens is 2. The smallest absolute Gasteiger partial charge is 0.271 e. The molecule has 23 heavy (non-hydrogen) atoms. The first-order chi connectivity index (χ1) is 11.1. The van der Waals surface area contributed by atoms with Crippen molar-refractivity contribution in [2.24, 2.45) is 5.10 Å². The number of nitrogens with zero attached hydrogens (tertiary/aromatic N) is 1. The quantitative estimate of drug-likeness (QED) is 0.680. The maximum Gasteiger partial charge on any atom is 0.271 e. The molecule has 1 heterocycles. The van der Waals surface area contributed by atoms with Crippen molar-refractivity contribution >= 4 is 35.3 Å². The van der Waals surface area contributed by atoms with Gasteiger partial charge in [0.2, 0.25) is 0 Å². The van der Waals surface area contributed by atoms with Crippen molar-refractivity contribution in [2.45, 2.75) is 0 Å². The summed E-state index contributed by atoms with van der Waals surface area (Å²) in [5.74, 6) is 0.760. The van der Waals surface area contributed by atoms with Crippen molar-refractivity contribution in [1.29, 1.82) is 0 Å². The van der Waals surface area contributed by atoms with Crippen LogP contribution >= 0.6 is 23.2 Å². The molecule has 0 radical (unpaired) electrons. The molecule has 1 aliphatic heterocycles. The number of amides is 1. The second kappa shape index (κ2) is 6.89. The molecule has 2 aromatic carbocycles. The van der Waals surface area contributed by atoms with Crippen molar-refractivity contribution in [3.63, 3.8) is 0 Å². The van der Waals surface area contributed by atoms with E-state index in [0.717, 1.165) is 0 Å². The van der Waals surface area contributed by atoms with Crippen LogP contribution in [0.5, 0.6) is 11.5 Å². The Balaban J connectivity index is 1.69. The lowest BCUT2D eigenvalue weighted by Crippen LogP contribution is -2.17. The van der Waals surface area contributed by atoms with Crippen LogP contribution in [-0.2, 0) is 0 Å². The van der Waals surface area contributed by atoms with Crippen LogP contribution in [0, 0.1) is 0 Å². The number of rotatable bonds is 3. The maximum absolute atomic E-state index is 11.9. The maximum atomic E-state index is 11.9. The molecule has 0 aromatic heterocycles. The van der Waals surface area contributed by atoms with Crippen LogP contribution < -0.4 is 14.9 Å². The van der Waals surface area contributed by atoms with Gasteiger partial charge < -0.3 is 9.47 Å². The van der Waals surface area contributed by atoms with E-state index in [1.54, 1.807) is 36.4 Å². The molecule has 1 aliphatic rings. The molecule has 2 aromatic rings. The lowest BCUT2D eigenvalue weighted by atomic mass is 10.2. The fourth-order valence-corrected chi connectivity index (χ4v) is 2.44. The van der Waals surface area contributed by atoms with Crippen molar-refractivity contribution in [3.8, 4) is 11.5 Å². The highest BCUT2D eigenvalue weighted by atomic mass is 35.5. The molecule has 7 heteroatoms. The van der Waals surface area contributed by atoms with Crippen LogP contribution in [0.15, 0.2) is 41.5 Å². The highest BCUT2D eigenvalue weighted by Crippen LogP contribution is 2.37. The molecule has 0 fully saturated rings. The average Bonchev–Trinajstić information content (AvgIpc) is 2.55. The van der Waals surface area contributed by atoms with E-state index >= 15 is 0 Å². The fourth-order valence-electron chi connectivity index (χ4n) is 2.04. The van der Waals surface area contributed by atoms with E-state index in [1.165, 1.54) is 6.21 Å². The first-order valence-corrected chi connectivity index (χ1v) is 7.57. The Kier molecular flexibility index (Phi) is 4.69. The average molecular weight is 351 g/mol. The Labute approximate surface area is 142 Å². The number of hydrazone groups is 1. The summed E-state index contributed by atoms with van der Waals surface area (Å²) in [6.07, 6.45) is 1.48. The van der Waals surface area contributed by atoms with Crippen LogP contribution in [0.3, 0.4) is 0 Å². The minimum absolute atomic E-state index is 0.332. The molecule has 1 amide bonds. The summed E-state index contributed by atoms with van der Waals surface area (Å²) in [4.78, 5) is 11.9. The molecule has 5 nitrogen and oxygen atoms in total. The number of hydrogen-bond acceptors (Lipinski definition) is 4. The van der Waals surface area contributed by atoms with E-state index in [9.17, 15) is 4.79 Å². The standard InChI is InChI=1S/C16H12Cl2N2O3/c17-12-3-1-11(2-4-12)16(21)20-19-9-10-7-13(18)15-14(8-10)22-5-6-23-15/h1-4,7-9H,5-6H2,(H,20,21)/b19-9-. The second-order valence-corrected chi connectivity index (χ2v) is 5.58. The van der Waals surface area contributed by atoms with Crippen molar-refractivity contribution in [3.05, 3.63) is 57.6 Å². The second-order valence-electron chi connectivity index (χ2n) is 4.73. The van der Waals surface area contributed by atoms with Gasteiger partial charge in [0.15, 0.2) is 11.5 Å². The Morgan fingerprint density at radius 3 is 2.65 bits per heavy atom. The van der Waals surface area contributed by atoms with Gasteiger partial charge in [-0.05, 0) is 42.0 Å². The molecular formula is C16H12Cl2N2O3. The predicted octanol–water partition coefficient (Wildman–Crippen LogP) is 3.53. The third-order valence-electron chi connectivity index (χ3n) is 3.11. The van der Waals surface area contributed by atoms with Crippen LogP contribution in [0.25, 0.3) is 0 Å². The normalized spacial score (nSPS) is 13.1. The highest BCUT2D eigenvalue weighted by molar-refractivity contribution is 6.32. The summed E-state index contributed by atoms with van der Waals surface area (Å²) in [6, 6.07) is 9.95. The summed E-state index contributed by atoms with van der Waals surface area (Å²) < 4.78 is 10.9. The van der Waals surface area contributed by atoms with Gasteiger partial charge in [-0.3, -0.25) is 4.79 Å². The first-order valence-electron chi connectivity index (χ1n) is 6.81. The molecule has 0 aliphatic carbocycles. The lowest BCUT2D eigenvalue weighted by molar-refractivity contribution is 0.0955. The van der Waals surface area contributed by atoms with E-state index in [1.807, 2.05) is 0 Å². The molecule has 0 atom stereocenters. The molecular weight excluding hydrogens is 339 g/mol. The van der Waals surface area contributed by atoms with E-state index in [2.05, 4.69) is 10.5 Å². The van der Waals surface area contributed by atoms with E-state index in [-0.39, 0.29) is 5.91 Å². The number of ether oxygens (including phenoxy) is 2. The van der Waals surface area contributed by atoms with E-state index in [4.69, 9.17) is 32.7 Å². The molecule has 0 spiro atoms. The Bertz CT molecular complexity index is 761. The Hall–Kier alpha value is -2.24. The van der Waals surface area contributed by atoms with Gasteiger partial charge in [0.05, 0.1) is 11.2 Å². The SMILES string of the molecule is O=C(N/N=C\c1cc(Cl)c2c(c1)OCCO2)c1ccc(Cl)cc1. The first kappa shape index (κ1) is 15.6. The number of carbonyl (C=O) groups excluding carboxylic acids is 1. The van der Waals surface area contributed by atoms with Gasteiger partial charge in [0.1, 0.15) is 13.2 Å². The monoisotopic (exact) mass is 350 g/mol. The predicted molar refractivity (Wildman–Crippen MR) is 89.0 cm³/mol. The zero-order valence-corrected chi connectivity index (χ0v) is 13.4. The third kappa shape index (κ3) is 3.75. The Morgan fingerprint density at radius 2 is 1.87 bits per heavy atom. The molecule has 0 unspecified atom stereocenters. The number of fused-ring (bicyclic) bond motifs is 1. The summed E-state index contributed by atoms with van der Waals surface area (Å²) in [6.45, 7) is 0.939. The summed E-state index contributed by atoms with van der Waals surface area (Å²) in [5, 5.41) is 4.92. The van der Waals surface area contributed by atoms with E-state index < -0.39 is 0 Å². The van der Waals surface area contributed by atoms with Crippen molar-refractivity contribution < 1.29 is 14.3 Å². The van der Waals surface area contributed by atoms with Crippen molar-refractivity contribution in [2.75, 3.05) is 13.2 Å². The molecule has 3 rings (SSSR count). The van der Waals surface area contributed by atoms with Gasteiger partial charge in [-0.15, -0.1) is 0 Å². The summed E-state index contributed by atoms with van der Waals surface area (Å²) >= 11 is 11.9. The Morgan fingerprint density at radius 1 is 1.13 bits per heavy atom. The van der Waals surface area contributed by atoms with Gasteiger partial charge >= 0.3 is 0 Å².